The highest BCUT2D eigenvalue weighted by Gasteiger charge is 2.23. The van der Waals surface area contributed by atoms with Crippen molar-refractivity contribution in [3.8, 4) is 23.0 Å². The van der Waals surface area contributed by atoms with Crippen LogP contribution >= 0.6 is 0 Å². The van der Waals surface area contributed by atoms with Crippen LogP contribution < -0.4 is 14.8 Å². The van der Waals surface area contributed by atoms with Crippen LogP contribution in [0.15, 0.2) is 48.5 Å². The first-order chi connectivity index (χ1) is 14.4. The Balaban J connectivity index is 1.41. The maximum atomic E-state index is 12.5. The Bertz CT molecular complexity index is 1140. The highest BCUT2D eigenvalue weighted by Crippen LogP contribution is 2.36. The van der Waals surface area contributed by atoms with Gasteiger partial charge in [-0.3, -0.25) is 4.79 Å². The first-order valence-corrected chi connectivity index (χ1v) is 9.25. The van der Waals surface area contributed by atoms with Crippen molar-refractivity contribution in [2.24, 2.45) is 0 Å². The van der Waals surface area contributed by atoms with E-state index in [1.54, 1.807) is 42.5 Å². The molecule has 0 aromatic heterocycles. The van der Waals surface area contributed by atoms with Crippen molar-refractivity contribution in [2.45, 2.75) is 19.6 Å². The second kappa shape index (κ2) is 7.82. The fourth-order valence-electron chi connectivity index (χ4n) is 3.16. The van der Waals surface area contributed by atoms with E-state index in [0.717, 1.165) is 11.6 Å². The number of hydrogen-bond donors (Lipinski definition) is 3. The first-order valence-electron chi connectivity index (χ1n) is 9.25. The van der Waals surface area contributed by atoms with Gasteiger partial charge in [0.1, 0.15) is 17.1 Å². The van der Waals surface area contributed by atoms with Crippen LogP contribution in [0.4, 0.5) is 0 Å². The van der Waals surface area contributed by atoms with E-state index in [4.69, 9.17) is 14.2 Å². The standard InChI is InChI=1S/C22H19NO7/c1-12(21(26)23-10-13-6-7-18-19(8-13)29-11-28-18)30-22(27)16-9-17(24)14-4-2-3-5-15(14)20(16)25/h2-9,12,24-25H,10-11H2,1H3,(H,23,26)/t12-/m0/s1. The molecule has 0 aliphatic carbocycles. The molecule has 1 atom stereocenters. The predicted molar refractivity (Wildman–Crippen MR) is 107 cm³/mol. The fourth-order valence-corrected chi connectivity index (χ4v) is 3.16. The summed E-state index contributed by atoms with van der Waals surface area (Å²) in [4.78, 5) is 24.8. The number of nitrogens with one attached hydrogen (secondary N) is 1. The van der Waals surface area contributed by atoms with Gasteiger partial charge >= 0.3 is 5.97 Å². The van der Waals surface area contributed by atoms with Crippen molar-refractivity contribution in [3.05, 3.63) is 59.7 Å². The van der Waals surface area contributed by atoms with Gasteiger partial charge in [0.25, 0.3) is 5.91 Å². The molecule has 8 heteroatoms. The molecule has 3 aromatic rings. The predicted octanol–water partition coefficient (Wildman–Crippen LogP) is 2.84. The van der Waals surface area contributed by atoms with E-state index in [1.165, 1.54) is 6.92 Å². The van der Waals surface area contributed by atoms with Gasteiger partial charge in [-0.05, 0) is 30.7 Å². The molecule has 0 saturated heterocycles. The van der Waals surface area contributed by atoms with Gasteiger partial charge in [0.15, 0.2) is 17.6 Å². The summed E-state index contributed by atoms with van der Waals surface area (Å²) in [6, 6.07) is 13.0. The van der Waals surface area contributed by atoms with Gasteiger partial charge in [0.2, 0.25) is 6.79 Å². The summed E-state index contributed by atoms with van der Waals surface area (Å²) in [6.07, 6.45) is -1.11. The largest absolute Gasteiger partial charge is 0.507 e. The quantitative estimate of drug-likeness (QED) is 0.438. The van der Waals surface area contributed by atoms with Gasteiger partial charge < -0.3 is 29.7 Å². The van der Waals surface area contributed by atoms with Crippen LogP contribution in [0.25, 0.3) is 10.8 Å². The van der Waals surface area contributed by atoms with Crippen molar-refractivity contribution >= 4 is 22.6 Å². The summed E-state index contributed by atoms with van der Waals surface area (Å²) in [5.41, 5.74) is 0.574. The molecule has 4 rings (SSSR count). The maximum Gasteiger partial charge on any atom is 0.342 e. The Morgan fingerprint density at radius 1 is 1.07 bits per heavy atom. The summed E-state index contributed by atoms with van der Waals surface area (Å²) >= 11 is 0. The zero-order chi connectivity index (χ0) is 21.3. The molecule has 0 radical (unpaired) electrons. The lowest BCUT2D eigenvalue weighted by Gasteiger charge is -2.15. The average Bonchev–Trinajstić information content (AvgIpc) is 3.22. The molecule has 1 aliphatic heterocycles. The van der Waals surface area contributed by atoms with Gasteiger partial charge in [-0.1, -0.05) is 30.3 Å². The number of carbonyl (C=O) groups excluding carboxylic acids is 2. The lowest BCUT2D eigenvalue weighted by atomic mass is 10.0. The van der Waals surface area contributed by atoms with Crippen molar-refractivity contribution in [1.82, 2.24) is 5.32 Å². The highest BCUT2D eigenvalue weighted by atomic mass is 16.7. The summed E-state index contributed by atoms with van der Waals surface area (Å²) in [5.74, 6) is -0.667. The monoisotopic (exact) mass is 409 g/mol. The number of benzene rings is 3. The van der Waals surface area contributed by atoms with E-state index < -0.39 is 18.0 Å². The summed E-state index contributed by atoms with van der Waals surface area (Å²) in [5, 5.41) is 23.9. The Kier molecular flexibility index (Phi) is 5.05. The van der Waals surface area contributed by atoms with Crippen molar-refractivity contribution < 1.29 is 34.0 Å². The van der Waals surface area contributed by atoms with E-state index >= 15 is 0 Å². The lowest BCUT2D eigenvalue weighted by molar-refractivity contribution is -0.129. The minimum absolute atomic E-state index is 0.162. The van der Waals surface area contributed by atoms with Crippen molar-refractivity contribution in [2.75, 3.05) is 6.79 Å². The van der Waals surface area contributed by atoms with E-state index in [0.29, 0.717) is 22.3 Å². The Labute approximate surface area is 171 Å². The zero-order valence-corrected chi connectivity index (χ0v) is 16.0. The molecule has 0 saturated carbocycles. The molecule has 3 N–H and O–H groups in total. The van der Waals surface area contributed by atoms with E-state index in [1.807, 2.05) is 0 Å². The third kappa shape index (κ3) is 3.67. The summed E-state index contributed by atoms with van der Waals surface area (Å²) in [6.45, 7) is 1.79. The van der Waals surface area contributed by atoms with Crippen LogP contribution in [0.1, 0.15) is 22.8 Å². The Hall–Kier alpha value is -3.94. The smallest absolute Gasteiger partial charge is 0.342 e. The molecule has 1 aliphatic rings. The van der Waals surface area contributed by atoms with Crippen LogP contribution in [-0.2, 0) is 16.1 Å². The number of hydrogen-bond acceptors (Lipinski definition) is 7. The number of phenolic OH excluding ortho intramolecular Hbond substituents is 2. The lowest BCUT2D eigenvalue weighted by Crippen LogP contribution is -2.35. The second-order valence-electron chi connectivity index (χ2n) is 6.79. The molecular formula is C22H19NO7. The Morgan fingerprint density at radius 2 is 1.80 bits per heavy atom. The third-order valence-electron chi connectivity index (χ3n) is 4.77. The number of rotatable bonds is 5. The molecule has 0 bridgehead atoms. The normalized spacial score (nSPS) is 13.1. The maximum absolute atomic E-state index is 12.5. The SMILES string of the molecule is C[C@H](OC(=O)c1cc(O)c2ccccc2c1O)C(=O)NCc1ccc2c(c1)OCO2. The summed E-state index contributed by atoms with van der Waals surface area (Å²) < 4.78 is 15.7. The van der Waals surface area contributed by atoms with Crippen LogP contribution in [0, 0.1) is 0 Å². The van der Waals surface area contributed by atoms with Gasteiger partial charge in [-0.25, -0.2) is 4.79 Å². The minimum Gasteiger partial charge on any atom is -0.507 e. The second-order valence-corrected chi connectivity index (χ2v) is 6.79. The number of ether oxygens (including phenoxy) is 3. The molecule has 8 nitrogen and oxygen atoms in total. The molecule has 0 fully saturated rings. The average molecular weight is 409 g/mol. The number of aromatic hydroxyl groups is 2. The minimum atomic E-state index is -1.11. The number of esters is 1. The van der Waals surface area contributed by atoms with Crippen LogP contribution in [0.2, 0.25) is 0 Å². The molecule has 0 spiro atoms. The number of phenols is 2. The van der Waals surface area contributed by atoms with Crippen LogP contribution in [0.5, 0.6) is 23.0 Å². The van der Waals surface area contributed by atoms with Gasteiger partial charge in [-0.15, -0.1) is 0 Å². The van der Waals surface area contributed by atoms with Crippen molar-refractivity contribution in [1.29, 1.82) is 0 Å². The van der Waals surface area contributed by atoms with Gasteiger partial charge in [0.05, 0.1) is 0 Å². The number of fused-ring (bicyclic) bond motifs is 2. The van der Waals surface area contributed by atoms with Crippen LogP contribution in [0.3, 0.4) is 0 Å². The molecule has 154 valence electrons. The topological polar surface area (TPSA) is 114 Å². The fraction of sp³-hybridized carbons (Fsp3) is 0.182. The number of amides is 1. The third-order valence-corrected chi connectivity index (χ3v) is 4.77. The molecule has 30 heavy (non-hydrogen) atoms. The summed E-state index contributed by atoms with van der Waals surface area (Å²) in [7, 11) is 0. The highest BCUT2D eigenvalue weighted by molar-refractivity contribution is 6.04. The van der Waals surface area contributed by atoms with Gasteiger partial charge in [0, 0.05) is 17.3 Å². The zero-order valence-electron chi connectivity index (χ0n) is 16.0. The molecular weight excluding hydrogens is 390 g/mol. The van der Waals surface area contributed by atoms with Gasteiger partial charge in [-0.2, -0.15) is 0 Å². The van der Waals surface area contributed by atoms with Crippen molar-refractivity contribution in [3.63, 3.8) is 0 Å². The Morgan fingerprint density at radius 3 is 2.60 bits per heavy atom. The molecule has 0 unspecified atom stereocenters. The van der Waals surface area contributed by atoms with E-state index in [9.17, 15) is 19.8 Å². The molecule has 1 heterocycles. The van der Waals surface area contributed by atoms with Crippen LogP contribution in [-0.4, -0.2) is 35.0 Å². The number of carbonyl (C=O) groups is 2. The first kappa shape index (κ1) is 19.4. The van der Waals surface area contributed by atoms with E-state index in [-0.39, 0.29) is 30.4 Å². The van der Waals surface area contributed by atoms with E-state index in [2.05, 4.69) is 5.32 Å². The molecule has 3 aromatic carbocycles. The molecule has 1 amide bonds.